The Balaban J connectivity index is 1.22. The molecule has 1 saturated heterocycles. The lowest BCUT2D eigenvalue weighted by molar-refractivity contribution is -0.122. The van der Waals surface area contributed by atoms with E-state index >= 15 is 0 Å². The van der Waals surface area contributed by atoms with Gasteiger partial charge in [-0.05, 0) is 44.2 Å². The van der Waals surface area contributed by atoms with Crippen LogP contribution in [0.3, 0.4) is 0 Å². The second-order valence-corrected chi connectivity index (χ2v) is 9.59. The van der Waals surface area contributed by atoms with Gasteiger partial charge < -0.3 is 24.4 Å². The number of rotatable bonds is 5. The molecule has 0 aliphatic carbocycles. The number of fused-ring (bicyclic) bond motifs is 2. The van der Waals surface area contributed by atoms with Gasteiger partial charge in [-0.15, -0.1) is 0 Å². The molecule has 3 aliphatic rings. The summed E-state index contributed by atoms with van der Waals surface area (Å²) in [4.78, 5) is 28.0. The standard InChI is InChI=1S/C27H32N2O5/c1-29-13-11-27(12-14-29)18-21(20-5-2-3-6-23(20)34-27)28-26(31)10-8-22(30)19-7-9-24-25(17-19)33-16-4-15-32-24/h2-3,5-7,9,17,21H,4,8,10-16,18H2,1H3,(H,28,31). The first kappa shape index (κ1) is 22.7. The predicted octanol–water partition coefficient (Wildman–Crippen LogP) is 3.92. The van der Waals surface area contributed by atoms with Crippen LogP contribution in [0.4, 0.5) is 0 Å². The van der Waals surface area contributed by atoms with E-state index in [-0.39, 0.29) is 36.2 Å². The Morgan fingerprint density at radius 3 is 2.59 bits per heavy atom. The minimum Gasteiger partial charge on any atom is -0.490 e. The number of Topliss-reactive ketones (excluding diaryl/α,β-unsaturated/α-hetero) is 1. The van der Waals surface area contributed by atoms with E-state index in [9.17, 15) is 9.59 Å². The molecule has 2 aromatic rings. The van der Waals surface area contributed by atoms with Gasteiger partial charge in [0.25, 0.3) is 0 Å². The van der Waals surface area contributed by atoms with Crippen molar-refractivity contribution in [1.82, 2.24) is 10.2 Å². The van der Waals surface area contributed by atoms with Crippen LogP contribution in [-0.2, 0) is 4.79 Å². The molecule has 3 heterocycles. The Kier molecular flexibility index (Phi) is 6.46. The highest BCUT2D eigenvalue weighted by atomic mass is 16.5. The summed E-state index contributed by atoms with van der Waals surface area (Å²) in [7, 11) is 2.13. The Bertz CT molecular complexity index is 1060. The quantitative estimate of drug-likeness (QED) is 0.676. The highest BCUT2D eigenvalue weighted by molar-refractivity contribution is 5.98. The first-order chi connectivity index (χ1) is 16.5. The van der Waals surface area contributed by atoms with Gasteiger partial charge in [0.05, 0.1) is 19.3 Å². The van der Waals surface area contributed by atoms with Crippen molar-refractivity contribution in [3.05, 3.63) is 53.6 Å². The van der Waals surface area contributed by atoms with Crippen LogP contribution in [-0.4, -0.2) is 55.5 Å². The van der Waals surface area contributed by atoms with E-state index in [1.807, 2.05) is 24.3 Å². The van der Waals surface area contributed by atoms with Gasteiger partial charge in [0.15, 0.2) is 17.3 Å². The van der Waals surface area contributed by atoms with E-state index in [1.54, 1.807) is 18.2 Å². The molecule has 1 atom stereocenters. The van der Waals surface area contributed by atoms with Crippen LogP contribution in [0.15, 0.2) is 42.5 Å². The monoisotopic (exact) mass is 464 g/mol. The average molecular weight is 465 g/mol. The molecule has 7 nitrogen and oxygen atoms in total. The van der Waals surface area contributed by atoms with E-state index in [2.05, 4.69) is 17.3 Å². The zero-order valence-corrected chi connectivity index (χ0v) is 19.7. The molecule has 180 valence electrons. The SMILES string of the molecule is CN1CCC2(CC1)CC(NC(=O)CCC(=O)c1ccc3c(c1)OCCCO3)c1ccccc1O2. The number of hydrogen-bond donors (Lipinski definition) is 1. The Hall–Kier alpha value is -3.06. The molecule has 7 heteroatoms. The maximum atomic E-state index is 12.9. The van der Waals surface area contributed by atoms with Crippen LogP contribution < -0.4 is 19.5 Å². The van der Waals surface area contributed by atoms with Crippen LogP contribution in [0.5, 0.6) is 17.2 Å². The highest BCUT2D eigenvalue weighted by Crippen LogP contribution is 2.44. The molecule has 0 radical (unpaired) electrons. The van der Waals surface area contributed by atoms with Gasteiger partial charge in [-0.1, -0.05) is 18.2 Å². The molecule has 1 N–H and O–H groups in total. The first-order valence-corrected chi connectivity index (χ1v) is 12.2. The number of ether oxygens (including phenoxy) is 3. The molecule has 34 heavy (non-hydrogen) atoms. The Labute approximate surface area is 200 Å². The fourth-order valence-electron chi connectivity index (χ4n) is 5.05. The lowest BCUT2D eigenvalue weighted by Gasteiger charge is -2.46. The number of carbonyl (C=O) groups is 2. The fourth-order valence-corrected chi connectivity index (χ4v) is 5.05. The van der Waals surface area contributed by atoms with Gasteiger partial charge in [0.1, 0.15) is 11.4 Å². The summed E-state index contributed by atoms with van der Waals surface area (Å²) in [6, 6.07) is 13.1. The number of hydrogen-bond acceptors (Lipinski definition) is 6. The molecule has 1 amide bonds. The molecule has 0 aromatic heterocycles. The number of nitrogens with one attached hydrogen (secondary N) is 1. The summed E-state index contributed by atoms with van der Waals surface area (Å²) in [6.45, 7) is 3.13. The zero-order chi connectivity index (χ0) is 23.5. The summed E-state index contributed by atoms with van der Waals surface area (Å²) >= 11 is 0. The summed E-state index contributed by atoms with van der Waals surface area (Å²) in [5, 5.41) is 3.19. The van der Waals surface area contributed by atoms with Gasteiger partial charge in [0.2, 0.25) is 5.91 Å². The molecular weight excluding hydrogens is 432 g/mol. The van der Waals surface area contributed by atoms with Gasteiger partial charge in [-0.2, -0.15) is 0 Å². The minimum absolute atomic E-state index is 0.0787. The van der Waals surface area contributed by atoms with Crippen molar-refractivity contribution in [2.24, 2.45) is 0 Å². The molecular formula is C27H32N2O5. The molecule has 1 unspecified atom stereocenters. The second-order valence-electron chi connectivity index (χ2n) is 9.59. The third-order valence-corrected chi connectivity index (χ3v) is 7.08. The van der Waals surface area contributed by atoms with Gasteiger partial charge in [0, 0.05) is 49.9 Å². The van der Waals surface area contributed by atoms with Crippen molar-refractivity contribution in [3.8, 4) is 17.2 Å². The van der Waals surface area contributed by atoms with Crippen LogP contribution in [0.25, 0.3) is 0 Å². The van der Waals surface area contributed by atoms with Crippen molar-refractivity contribution < 1.29 is 23.8 Å². The second kappa shape index (κ2) is 9.66. The lowest BCUT2D eigenvalue weighted by Crippen LogP contribution is -2.51. The summed E-state index contributed by atoms with van der Waals surface area (Å²) in [6.07, 6.45) is 3.72. The number of para-hydroxylation sites is 1. The summed E-state index contributed by atoms with van der Waals surface area (Å²) in [5.74, 6) is 1.91. The number of carbonyl (C=O) groups excluding carboxylic acids is 2. The Morgan fingerprint density at radius 2 is 1.76 bits per heavy atom. The molecule has 5 rings (SSSR count). The number of nitrogens with zero attached hydrogens (tertiary/aromatic N) is 1. The topological polar surface area (TPSA) is 77.1 Å². The molecule has 1 fully saturated rings. The number of piperidine rings is 1. The van der Waals surface area contributed by atoms with Crippen molar-refractivity contribution >= 4 is 11.7 Å². The fraction of sp³-hybridized carbons (Fsp3) is 0.481. The van der Waals surface area contributed by atoms with E-state index < -0.39 is 0 Å². The lowest BCUT2D eigenvalue weighted by atomic mass is 9.80. The summed E-state index contributed by atoms with van der Waals surface area (Å²) < 4.78 is 17.8. The van der Waals surface area contributed by atoms with Gasteiger partial charge in [-0.25, -0.2) is 0 Å². The average Bonchev–Trinajstić information content (AvgIpc) is 3.09. The highest BCUT2D eigenvalue weighted by Gasteiger charge is 2.43. The molecule has 2 aromatic carbocycles. The minimum atomic E-state index is -0.251. The van der Waals surface area contributed by atoms with Crippen molar-refractivity contribution in [2.45, 2.75) is 50.2 Å². The zero-order valence-electron chi connectivity index (χ0n) is 19.7. The van der Waals surface area contributed by atoms with Crippen LogP contribution in [0, 0.1) is 0 Å². The maximum Gasteiger partial charge on any atom is 0.220 e. The number of likely N-dealkylation sites (tertiary alicyclic amines) is 1. The number of amides is 1. The van der Waals surface area contributed by atoms with Crippen LogP contribution >= 0.6 is 0 Å². The van der Waals surface area contributed by atoms with Crippen molar-refractivity contribution in [1.29, 1.82) is 0 Å². The molecule has 1 spiro atoms. The first-order valence-electron chi connectivity index (χ1n) is 12.2. The predicted molar refractivity (Wildman–Crippen MR) is 128 cm³/mol. The van der Waals surface area contributed by atoms with E-state index in [1.165, 1.54) is 0 Å². The van der Waals surface area contributed by atoms with E-state index in [0.717, 1.165) is 50.1 Å². The number of ketones is 1. The Morgan fingerprint density at radius 1 is 1.00 bits per heavy atom. The van der Waals surface area contributed by atoms with E-state index in [0.29, 0.717) is 30.3 Å². The third-order valence-electron chi connectivity index (χ3n) is 7.08. The van der Waals surface area contributed by atoms with Gasteiger partial charge >= 0.3 is 0 Å². The van der Waals surface area contributed by atoms with Crippen LogP contribution in [0.2, 0.25) is 0 Å². The van der Waals surface area contributed by atoms with Crippen molar-refractivity contribution in [3.63, 3.8) is 0 Å². The smallest absolute Gasteiger partial charge is 0.220 e. The summed E-state index contributed by atoms with van der Waals surface area (Å²) in [5.41, 5.74) is 1.30. The molecule has 0 saturated carbocycles. The third kappa shape index (κ3) is 4.89. The number of benzene rings is 2. The maximum absolute atomic E-state index is 12.9. The van der Waals surface area contributed by atoms with Gasteiger partial charge in [-0.3, -0.25) is 9.59 Å². The molecule has 3 aliphatic heterocycles. The van der Waals surface area contributed by atoms with Crippen molar-refractivity contribution in [2.75, 3.05) is 33.4 Å². The normalized spacial score (nSPS) is 21.1. The van der Waals surface area contributed by atoms with Crippen LogP contribution in [0.1, 0.15) is 60.5 Å². The molecule has 0 bridgehead atoms. The largest absolute Gasteiger partial charge is 0.490 e. The van der Waals surface area contributed by atoms with E-state index in [4.69, 9.17) is 14.2 Å².